The summed E-state index contributed by atoms with van der Waals surface area (Å²) >= 11 is 7.35. The molecule has 9 heteroatoms. The van der Waals surface area contributed by atoms with Crippen LogP contribution in [0.25, 0.3) is 16.6 Å². The van der Waals surface area contributed by atoms with Crippen molar-refractivity contribution < 1.29 is 14.3 Å². The van der Waals surface area contributed by atoms with Gasteiger partial charge in [-0.05, 0) is 38.1 Å². The van der Waals surface area contributed by atoms with E-state index in [0.717, 1.165) is 16.3 Å². The van der Waals surface area contributed by atoms with Gasteiger partial charge in [0.1, 0.15) is 10.7 Å². The van der Waals surface area contributed by atoms with Crippen molar-refractivity contribution in [3.05, 3.63) is 65.0 Å². The Morgan fingerprint density at radius 3 is 2.79 bits per heavy atom. The van der Waals surface area contributed by atoms with Crippen LogP contribution >= 0.6 is 23.4 Å². The van der Waals surface area contributed by atoms with E-state index in [9.17, 15) is 9.90 Å². The highest BCUT2D eigenvalue weighted by atomic mass is 35.5. The molecule has 148 valence electrons. The maximum Gasteiger partial charge on any atom is 0.354 e. The van der Waals surface area contributed by atoms with Gasteiger partial charge in [-0.1, -0.05) is 29.4 Å². The van der Waals surface area contributed by atoms with Crippen molar-refractivity contribution in [2.75, 3.05) is 0 Å². The third-order valence-corrected chi connectivity index (χ3v) is 6.00. The van der Waals surface area contributed by atoms with E-state index in [1.54, 1.807) is 33.6 Å². The van der Waals surface area contributed by atoms with Crippen molar-refractivity contribution in [2.45, 2.75) is 30.3 Å². The van der Waals surface area contributed by atoms with Gasteiger partial charge >= 0.3 is 5.97 Å². The summed E-state index contributed by atoms with van der Waals surface area (Å²) in [5, 5.41) is 14.7. The SMILES string of the molecule is CCn1cc(-n2c(C)c(Sc3cccc(C(=O)O)n3)c3ccc(Cl)c(F)c32)cn1. The number of rotatable bonds is 5. The molecule has 6 nitrogen and oxygen atoms in total. The summed E-state index contributed by atoms with van der Waals surface area (Å²) in [6.07, 6.45) is 3.51. The highest BCUT2D eigenvalue weighted by Crippen LogP contribution is 2.41. The fraction of sp³-hybridized carbons (Fsp3) is 0.150. The minimum Gasteiger partial charge on any atom is -0.477 e. The number of benzene rings is 1. The molecule has 3 aromatic heterocycles. The van der Waals surface area contributed by atoms with Gasteiger partial charge in [0.2, 0.25) is 0 Å². The molecule has 0 aliphatic carbocycles. The Labute approximate surface area is 174 Å². The topological polar surface area (TPSA) is 72.9 Å². The third kappa shape index (κ3) is 3.38. The zero-order chi connectivity index (χ0) is 20.7. The van der Waals surface area contributed by atoms with Crippen LogP contribution in [0.4, 0.5) is 4.39 Å². The second-order valence-corrected chi connectivity index (χ2v) is 7.77. The fourth-order valence-electron chi connectivity index (χ4n) is 3.19. The Balaban J connectivity index is 1.93. The van der Waals surface area contributed by atoms with Crippen LogP contribution < -0.4 is 0 Å². The molecule has 0 spiro atoms. The molecule has 1 aromatic carbocycles. The number of aromatic nitrogens is 4. The summed E-state index contributed by atoms with van der Waals surface area (Å²) in [4.78, 5) is 16.2. The maximum absolute atomic E-state index is 15.1. The van der Waals surface area contributed by atoms with Crippen molar-refractivity contribution in [1.82, 2.24) is 19.3 Å². The van der Waals surface area contributed by atoms with E-state index in [1.807, 2.05) is 20.0 Å². The molecule has 0 aliphatic heterocycles. The van der Waals surface area contributed by atoms with Crippen LogP contribution in [0.1, 0.15) is 23.1 Å². The minimum atomic E-state index is -1.10. The Morgan fingerprint density at radius 1 is 1.31 bits per heavy atom. The monoisotopic (exact) mass is 430 g/mol. The predicted molar refractivity (Wildman–Crippen MR) is 110 cm³/mol. The third-order valence-electron chi connectivity index (χ3n) is 4.55. The van der Waals surface area contributed by atoms with Crippen molar-refractivity contribution >= 4 is 40.2 Å². The quantitative estimate of drug-likeness (QED) is 0.471. The number of hydrogen-bond acceptors (Lipinski definition) is 4. The van der Waals surface area contributed by atoms with Gasteiger partial charge < -0.3 is 9.67 Å². The lowest BCUT2D eigenvalue weighted by molar-refractivity contribution is 0.0689. The van der Waals surface area contributed by atoms with Crippen molar-refractivity contribution in [3.8, 4) is 5.69 Å². The van der Waals surface area contributed by atoms with E-state index in [2.05, 4.69) is 10.1 Å². The molecule has 0 bridgehead atoms. The van der Waals surface area contributed by atoms with E-state index in [4.69, 9.17) is 11.6 Å². The number of halogens is 2. The Morgan fingerprint density at radius 2 is 2.10 bits per heavy atom. The first-order chi connectivity index (χ1) is 13.9. The number of nitrogens with zero attached hydrogens (tertiary/aromatic N) is 4. The molecule has 0 fully saturated rings. The second-order valence-electron chi connectivity index (χ2n) is 6.33. The zero-order valence-corrected chi connectivity index (χ0v) is 17.1. The Kier molecular flexibility index (Phi) is 5.06. The molecular weight excluding hydrogens is 415 g/mol. The normalized spacial score (nSPS) is 11.3. The van der Waals surface area contributed by atoms with Crippen LogP contribution in [0.3, 0.4) is 0 Å². The molecule has 0 saturated carbocycles. The maximum atomic E-state index is 15.1. The molecule has 0 amide bonds. The zero-order valence-electron chi connectivity index (χ0n) is 15.6. The molecule has 0 unspecified atom stereocenters. The first kappa shape index (κ1) is 19.5. The van der Waals surface area contributed by atoms with Gasteiger partial charge in [-0.15, -0.1) is 0 Å². The lowest BCUT2D eigenvalue weighted by atomic mass is 10.2. The summed E-state index contributed by atoms with van der Waals surface area (Å²) in [5.74, 6) is -1.62. The summed E-state index contributed by atoms with van der Waals surface area (Å²) in [6.45, 7) is 4.53. The number of carboxylic acid groups (broad SMARTS) is 1. The average molecular weight is 431 g/mol. The summed E-state index contributed by atoms with van der Waals surface area (Å²) in [7, 11) is 0. The molecule has 4 aromatic rings. The highest BCUT2D eigenvalue weighted by molar-refractivity contribution is 7.99. The van der Waals surface area contributed by atoms with E-state index in [1.165, 1.54) is 23.9 Å². The summed E-state index contributed by atoms with van der Waals surface area (Å²) in [5.41, 5.74) is 1.80. The standard InChI is InChI=1S/C20H16ClFN4O2S/c1-3-25-10-12(9-23-25)26-11(2)19(13-7-8-14(21)17(22)18(13)26)29-16-6-4-5-15(24-16)20(27)28/h4-10H,3H2,1-2H3,(H,27,28). The number of fused-ring (bicyclic) bond motifs is 1. The van der Waals surface area contributed by atoms with Crippen LogP contribution in [0.2, 0.25) is 5.02 Å². The number of carboxylic acids is 1. The van der Waals surface area contributed by atoms with Crippen molar-refractivity contribution in [1.29, 1.82) is 0 Å². The molecule has 0 saturated heterocycles. The fourth-order valence-corrected chi connectivity index (χ4v) is 4.36. The van der Waals surface area contributed by atoms with Crippen LogP contribution in [0, 0.1) is 12.7 Å². The molecule has 4 rings (SSSR count). The first-order valence-corrected chi connectivity index (χ1v) is 10.00. The largest absolute Gasteiger partial charge is 0.477 e. The molecule has 0 radical (unpaired) electrons. The van der Waals surface area contributed by atoms with Crippen molar-refractivity contribution in [3.63, 3.8) is 0 Å². The number of carbonyl (C=O) groups is 1. The van der Waals surface area contributed by atoms with Crippen LogP contribution in [-0.2, 0) is 6.54 Å². The van der Waals surface area contributed by atoms with E-state index in [0.29, 0.717) is 22.5 Å². The summed E-state index contributed by atoms with van der Waals surface area (Å²) < 4.78 is 18.6. The van der Waals surface area contributed by atoms with Gasteiger partial charge in [0.15, 0.2) is 5.82 Å². The van der Waals surface area contributed by atoms with E-state index < -0.39 is 11.8 Å². The van der Waals surface area contributed by atoms with Gasteiger partial charge in [0.05, 0.1) is 22.4 Å². The van der Waals surface area contributed by atoms with Gasteiger partial charge in [-0.2, -0.15) is 5.10 Å². The van der Waals surface area contributed by atoms with Crippen LogP contribution in [0.5, 0.6) is 0 Å². The highest BCUT2D eigenvalue weighted by Gasteiger charge is 2.22. The van der Waals surface area contributed by atoms with E-state index >= 15 is 4.39 Å². The molecule has 0 aliphatic rings. The van der Waals surface area contributed by atoms with Gasteiger partial charge in [0, 0.05) is 28.7 Å². The number of aryl methyl sites for hydroxylation is 1. The molecule has 29 heavy (non-hydrogen) atoms. The lowest BCUT2D eigenvalue weighted by Gasteiger charge is -2.07. The predicted octanol–water partition coefficient (Wildman–Crippen LogP) is 5.19. The number of pyridine rings is 1. The number of hydrogen-bond donors (Lipinski definition) is 1. The van der Waals surface area contributed by atoms with Gasteiger partial charge in [0.25, 0.3) is 0 Å². The average Bonchev–Trinajstić information content (AvgIpc) is 3.28. The van der Waals surface area contributed by atoms with Crippen LogP contribution in [0.15, 0.2) is 52.6 Å². The molecule has 1 N–H and O–H groups in total. The lowest BCUT2D eigenvalue weighted by Crippen LogP contribution is -2.00. The van der Waals surface area contributed by atoms with Crippen molar-refractivity contribution in [2.24, 2.45) is 0 Å². The molecule has 0 atom stereocenters. The minimum absolute atomic E-state index is 0.0293. The molecular formula is C20H16ClFN4O2S. The Bertz CT molecular complexity index is 1250. The number of aromatic carboxylic acids is 1. The first-order valence-electron chi connectivity index (χ1n) is 8.80. The molecule has 3 heterocycles. The summed E-state index contributed by atoms with van der Waals surface area (Å²) in [6, 6.07) is 8.07. The Hall–Kier alpha value is -2.84. The van der Waals surface area contributed by atoms with E-state index in [-0.39, 0.29) is 10.7 Å². The second kappa shape index (κ2) is 7.53. The van der Waals surface area contributed by atoms with Gasteiger partial charge in [-0.25, -0.2) is 14.2 Å². The van der Waals surface area contributed by atoms with Gasteiger partial charge in [-0.3, -0.25) is 4.68 Å². The van der Waals surface area contributed by atoms with Crippen LogP contribution in [-0.4, -0.2) is 30.4 Å². The smallest absolute Gasteiger partial charge is 0.354 e.